The molecule has 21 heavy (non-hydrogen) atoms. The monoisotopic (exact) mass is 304 g/mol. The topological polar surface area (TPSA) is 24.5 Å². The van der Waals surface area contributed by atoms with Crippen LogP contribution in [0, 0.1) is 5.92 Å². The normalized spacial score (nSPS) is 26.9. The zero-order valence-corrected chi connectivity index (χ0v) is 13.4. The highest BCUT2D eigenvalue weighted by Gasteiger charge is 2.40. The maximum Gasteiger partial charge on any atom is 0.261 e. The Labute approximate surface area is 127 Å². The number of piperazine rings is 1. The van der Waals surface area contributed by atoms with Gasteiger partial charge in [0.15, 0.2) is 0 Å². The van der Waals surface area contributed by atoms with Crippen LogP contribution in [0.5, 0.6) is 0 Å². The number of hydrogen-bond donors (Lipinski definition) is 1. The van der Waals surface area contributed by atoms with Gasteiger partial charge in [0.25, 0.3) is 6.43 Å². The van der Waals surface area contributed by atoms with E-state index < -0.39 is 13.0 Å². The van der Waals surface area contributed by atoms with E-state index in [1.165, 1.54) is 32.1 Å². The number of ether oxygens (including phenoxy) is 1. The first-order valence-electron chi connectivity index (χ1n) is 8.37. The Hall–Kier alpha value is -0.260. The standard InChI is InChI=1S/C16H30F2N2O/c1-13(2)14-10-19-16(6-4-3-5-7-16)12-20(14)8-9-21-11-15(17)18/h13-15,19H,3-12H2,1-2H3. The van der Waals surface area contributed by atoms with E-state index in [2.05, 4.69) is 24.1 Å². The number of halogens is 2. The van der Waals surface area contributed by atoms with Crippen molar-refractivity contribution in [3.8, 4) is 0 Å². The summed E-state index contributed by atoms with van der Waals surface area (Å²) in [5, 5.41) is 3.80. The average Bonchev–Trinajstić information content (AvgIpc) is 2.44. The number of rotatable bonds is 6. The predicted octanol–water partition coefficient (Wildman–Crippen LogP) is 2.90. The van der Waals surface area contributed by atoms with E-state index in [1.54, 1.807) is 0 Å². The average molecular weight is 304 g/mol. The Morgan fingerprint density at radius 2 is 1.95 bits per heavy atom. The quantitative estimate of drug-likeness (QED) is 0.764. The van der Waals surface area contributed by atoms with Gasteiger partial charge in [-0.1, -0.05) is 33.1 Å². The first kappa shape index (κ1) is 17.1. The molecule has 1 saturated heterocycles. The van der Waals surface area contributed by atoms with E-state index in [0.717, 1.165) is 19.6 Å². The van der Waals surface area contributed by atoms with Gasteiger partial charge in [-0.25, -0.2) is 8.78 Å². The molecule has 1 heterocycles. The molecule has 3 nitrogen and oxygen atoms in total. The highest BCUT2D eigenvalue weighted by Crippen LogP contribution is 2.32. The summed E-state index contributed by atoms with van der Waals surface area (Å²) in [6, 6.07) is 0.479. The van der Waals surface area contributed by atoms with Crippen LogP contribution in [-0.2, 0) is 4.74 Å². The van der Waals surface area contributed by atoms with E-state index in [4.69, 9.17) is 4.74 Å². The predicted molar refractivity (Wildman–Crippen MR) is 80.8 cm³/mol. The van der Waals surface area contributed by atoms with Crippen LogP contribution >= 0.6 is 0 Å². The Morgan fingerprint density at radius 3 is 2.57 bits per heavy atom. The number of hydrogen-bond acceptors (Lipinski definition) is 3. The molecule has 1 aliphatic heterocycles. The van der Waals surface area contributed by atoms with E-state index in [0.29, 0.717) is 18.6 Å². The van der Waals surface area contributed by atoms with Crippen molar-refractivity contribution in [1.82, 2.24) is 10.2 Å². The van der Waals surface area contributed by atoms with Crippen LogP contribution in [0.2, 0.25) is 0 Å². The van der Waals surface area contributed by atoms with Gasteiger partial charge in [0.2, 0.25) is 0 Å². The molecule has 2 fully saturated rings. The van der Waals surface area contributed by atoms with Crippen LogP contribution in [0.4, 0.5) is 8.78 Å². The molecule has 2 rings (SSSR count). The first-order chi connectivity index (χ1) is 10.0. The molecule has 0 aromatic carbocycles. The molecule has 1 atom stereocenters. The van der Waals surface area contributed by atoms with Gasteiger partial charge in [-0.2, -0.15) is 0 Å². The molecule has 0 aromatic rings. The van der Waals surface area contributed by atoms with E-state index in [1.807, 2.05) is 0 Å². The van der Waals surface area contributed by atoms with Crippen LogP contribution in [0.15, 0.2) is 0 Å². The van der Waals surface area contributed by atoms with E-state index in [9.17, 15) is 8.78 Å². The lowest BCUT2D eigenvalue weighted by molar-refractivity contribution is -0.0151. The SMILES string of the molecule is CC(C)C1CNC2(CCCCC2)CN1CCOCC(F)F. The van der Waals surface area contributed by atoms with E-state index in [-0.39, 0.29) is 5.54 Å². The zero-order valence-electron chi connectivity index (χ0n) is 13.4. The van der Waals surface area contributed by atoms with Crippen molar-refractivity contribution < 1.29 is 13.5 Å². The minimum absolute atomic E-state index is 0.256. The third-order valence-corrected chi connectivity index (χ3v) is 5.01. The van der Waals surface area contributed by atoms with Gasteiger partial charge < -0.3 is 10.1 Å². The molecule has 0 amide bonds. The Bertz CT molecular complexity index is 307. The first-order valence-corrected chi connectivity index (χ1v) is 8.37. The molecule has 0 aromatic heterocycles. The molecule has 124 valence electrons. The molecule has 0 bridgehead atoms. The fraction of sp³-hybridized carbons (Fsp3) is 1.00. The van der Waals surface area contributed by atoms with Crippen molar-refractivity contribution in [3.63, 3.8) is 0 Å². The number of nitrogens with one attached hydrogen (secondary N) is 1. The maximum atomic E-state index is 12.1. The van der Waals surface area contributed by atoms with Crippen molar-refractivity contribution >= 4 is 0 Å². The van der Waals surface area contributed by atoms with E-state index >= 15 is 0 Å². The zero-order chi connectivity index (χ0) is 15.3. The third-order valence-electron chi connectivity index (χ3n) is 5.01. The summed E-state index contributed by atoms with van der Waals surface area (Å²) in [5.41, 5.74) is 0.256. The summed E-state index contributed by atoms with van der Waals surface area (Å²) in [6.45, 7) is 7.24. The summed E-state index contributed by atoms with van der Waals surface area (Å²) >= 11 is 0. The molecule has 1 spiro atoms. The van der Waals surface area contributed by atoms with Crippen LogP contribution in [0.3, 0.4) is 0 Å². The van der Waals surface area contributed by atoms with Crippen LogP contribution in [0.1, 0.15) is 46.0 Å². The lowest BCUT2D eigenvalue weighted by Gasteiger charge is -2.51. The van der Waals surface area contributed by atoms with Gasteiger partial charge in [0, 0.05) is 31.2 Å². The Balaban J connectivity index is 1.88. The molecule has 1 N–H and O–H groups in total. The van der Waals surface area contributed by atoms with Gasteiger partial charge in [0.05, 0.1) is 6.61 Å². The summed E-state index contributed by atoms with van der Waals surface area (Å²) < 4.78 is 29.4. The molecule has 2 aliphatic rings. The van der Waals surface area contributed by atoms with Crippen molar-refractivity contribution in [2.75, 3.05) is 32.8 Å². The summed E-state index contributed by atoms with van der Waals surface area (Å²) in [7, 11) is 0. The minimum Gasteiger partial charge on any atom is -0.374 e. The van der Waals surface area contributed by atoms with Crippen LogP contribution < -0.4 is 5.32 Å². The number of alkyl halides is 2. The second-order valence-electron chi connectivity index (χ2n) is 6.97. The van der Waals surface area contributed by atoms with Gasteiger partial charge >= 0.3 is 0 Å². The molecule has 1 saturated carbocycles. The fourth-order valence-electron chi connectivity index (χ4n) is 3.83. The lowest BCUT2D eigenvalue weighted by atomic mass is 9.78. The largest absolute Gasteiger partial charge is 0.374 e. The molecule has 1 unspecified atom stereocenters. The maximum absolute atomic E-state index is 12.1. The highest BCUT2D eigenvalue weighted by molar-refractivity contribution is 5.00. The van der Waals surface area contributed by atoms with Gasteiger partial charge in [-0.3, -0.25) is 4.90 Å². The Morgan fingerprint density at radius 1 is 1.24 bits per heavy atom. The van der Waals surface area contributed by atoms with Crippen molar-refractivity contribution in [2.24, 2.45) is 5.92 Å². The summed E-state index contributed by atoms with van der Waals surface area (Å²) in [5.74, 6) is 0.563. The van der Waals surface area contributed by atoms with Crippen molar-refractivity contribution in [2.45, 2.75) is 64.0 Å². The van der Waals surface area contributed by atoms with Crippen molar-refractivity contribution in [1.29, 1.82) is 0 Å². The smallest absolute Gasteiger partial charge is 0.261 e. The minimum atomic E-state index is -2.36. The summed E-state index contributed by atoms with van der Waals surface area (Å²) in [6.07, 6.45) is 4.07. The second kappa shape index (κ2) is 7.84. The van der Waals surface area contributed by atoms with Crippen LogP contribution in [0.25, 0.3) is 0 Å². The highest BCUT2D eigenvalue weighted by atomic mass is 19.3. The molecule has 5 heteroatoms. The molecular formula is C16H30F2N2O. The van der Waals surface area contributed by atoms with Gasteiger partial charge in [-0.15, -0.1) is 0 Å². The molecular weight excluding hydrogens is 274 g/mol. The van der Waals surface area contributed by atoms with Gasteiger partial charge in [0.1, 0.15) is 6.61 Å². The Kier molecular flexibility index (Phi) is 6.38. The van der Waals surface area contributed by atoms with Crippen molar-refractivity contribution in [3.05, 3.63) is 0 Å². The molecule has 1 aliphatic carbocycles. The number of nitrogens with zero attached hydrogens (tertiary/aromatic N) is 1. The lowest BCUT2D eigenvalue weighted by Crippen LogP contribution is -2.66. The van der Waals surface area contributed by atoms with Crippen LogP contribution in [-0.4, -0.2) is 55.8 Å². The summed E-state index contributed by atoms with van der Waals surface area (Å²) in [4.78, 5) is 2.47. The second-order valence-corrected chi connectivity index (χ2v) is 6.97. The molecule has 0 radical (unpaired) electrons. The van der Waals surface area contributed by atoms with Gasteiger partial charge in [-0.05, 0) is 18.8 Å². The fourth-order valence-corrected chi connectivity index (χ4v) is 3.83. The third kappa shape index (κ3) is 4.86.